The molecule has 2 heterocycles. The molecule has 114 valence electrons. The number of aliphatic hydroxyl groups is 1. The highest BCUT2D eigenvalue weighted by atomic mass is 19.3. The van der Waals surface area contributed by atoms with Crippen LogP contribution in [0.5, 0.6) is 0 Å². The SMILES string of the molecule is Cc1nc2c(C(F)F)cc(-c3ccccc3)nc2n1CCO. The fourth-order valence-electron chi connectivity index (χ4n) is 2.51. The number of fused-ring (bicyclic) bond motifs is 1. The van der Waals surface area contributed by atoms with Crippen molar-refractivity contribution in [3.63, 3.8) is 0 Å². The van der Waals surface area contributed by atoms with Gasteiger partial charge in [0.2, 0.25) is 0 Å². The van der Waals surface area contributed by atoms with Gasteiger partial charge in [-0.1, -0.05) is 30.3 Å². The van der Waals surface area contributed by atoms with E-state index in [1.54, 1.807) is 11.5 Å². The standard InChI is InChI=1S/C16H15F2N3O/c1-10-19-14-12(15(17)18)9-13(11-5-3-2-4-6-11)20-16(14)21(10)7-8-22/h2-6,9,15,22H,7-8H2,1H3. The van der Waals surface area contributed by atoms with Crippen molar-refractivity contribution >= 4 is 11.2 Å². The summed E-state index contributed by atoms with van der Waals surface area (Å²) in [7, 11) is 0. The largest absolute Gasteiger partial charge is 0.395 e. The Morgan fingerprint density at radius 1 is 1.18 bits per heavy atom. The zero-order chi connectivity index (χ0) is 15.7. The van der Waals surface area contributed by atoms with Gasteiger partial charge in [-0.3, -0.25) is 0 Å². The number of hydrogen-bond acceptors (Lipinski definition) is 3. The Morgan fingerprint density at radius 2 is 1.91 bits per heavy atom. The molecule has 0 radical (unpaired) electrons. The number of nitrogens with zero attached hydrogens (tertiary/aromatic N) is 3. The van der Waals surface area contributed by atoms with Gasteiger partial charge in [-0.2, -0.15) is 0 Å². The van der Waals surface area contributed by atoms with Gasteiger partial charge in [0.15, 0.2) is 5.65 Å². The minimum atomic E-state index is -2.63. The summed E-state index contributed by atoms with van der Waals surface area (Å²) in [6, 6.07) is 10.6. The Kier molecular flexibility index (Phi) is 3.85. The number of aromatic nitrogens is 3. The molecule has 3 rings (SSSR count). The number of rotatable bonds is 4. The Bertz CT molecular complexity index is 800. The smallest absolute Gasteiger partial charge is 0.266 e. The number of pyridine rings is 1. The number of aliphatic hydroxyl groups excluding tert-OH is 1. The summed E-state index contributed by atoms with van der Waals surface area (Å²) >= 11 is 0. The summed E-state index contributed by atoms with van der Waals surface area (Å²) in [6.07, 6.45) is -2.63. The van der Waals surface area contributed by atoms with Crippen molar-refractivity contribution in [1.82, 2.24) is 14.5 Å². The van der Waals surface area contributed by atoms with Crippen LogP contribution in [0.25, 0.3) is 22.4 Å². The molecule has 0 saturated carbocycles. The summed E-state index contributed by atoms with van der Waals surface area (Å²) in [5.41, 5.74) is 1.68. The van der Waals surface area contributed by atoms with E-state index in [0.29, 0.717) is 17.2 Å². The average Bonchev–Trinajstić information content (AvgIpc) is 2.83. The molecule has 3 aromatic rings. The average molecular weight is 303 g/mol. The monoisotopic (exact) mass is 303 g/mol. The van der Waals surface area contributed by atoms with Crippen LogP contribution in [0.15, 0.2) is 36.4 Å². The Hall–Kier alpha value is -2.34. The molecule has 0 aliphatic carbocycles. The predicted octanol–water partition coefficient (Wildman–Crippen LogP) is 3.34. The highest BCUT2D eigenvalue weighted by Crippen LogP contribution is 2.31. The zero-order valence-corrected chi connectivity index (χ0v) is 12.0. The molecule has 4 nitrogen and oxygen atoms in total. The summed E-state index contributed by atoms with van der Waals surface area (Å²) in [4.78, 5) is 8.68. The summed E-state index contributed by atoms with van der Waals surface area (Å²) in [5.74, 6) is 0.559. The van der Waals surface area contributed by atoms with Crippen LogP contribution >= 0.6 is 0 Å². The van der Waals surface area contributed by atoms with Crippen LogP contribution in [0.4, 0.5) is 8.78 Å². The lowest BCUT2D eigenvalue weighted by molar-refractivity contribution is 0.153. The van der Waals surface area contributed by atoms with Gasteiger partial charge >= 0.3 is 0 Å². The third kappa shape index (κ3) is 2.46. The molecule has 1 N–H and O–H groups in total. The van der Waals surface area contributed by atoms with Crippen molar-refractivity contribution in [2.24, 2.45) is 0 Å². The molecule has 1 aromatic carbocycles. The predicted molar refractivity (Wildman–Crippen MR) is 79.7 cm³/mol. The van der Waals surface area contributed by atoms with E-state index in [2.05, 4.69) is 9.97 Å². The number of imidazole rings is 1. The van der Waals surface area contributed by atoms with Crippen molar-refractivity contribution in [3.8, 4) is 11.3 Å². The van der Waals surface area contributed by atoms with Crippen LogP contribution in [0, 0.1) is 6.92 Å². The topological polar surface area (TPSA) is 50.9 Å². The van der Waals surface area contributed by atoms with Crippen LogP contribution in [-0.4, -0.2) is 26.2 Å². The molecule has 0 aliphatic heterocycles. The van der Waals surface area contributed by atoms with E-state index in [1.807, 2.05) is 30.3 Å². The highest BCUT2D eigenvalue weighted by Gasteiger charge is 2.20. The van der Waals surface area contributed by atoms with Crippen LogP contribution in [0.1, 0.15) is 17.8 Å². The quantitative estimate of drug-likeness (QED) is 0.804. The Labute approximate surface area is 126 Å². The summed E-state index contributed by atoms with van der Waals surface area (Å²) < 4.78 is 28.4. The van der Waals surface area contributed by atoms with E-state index in [4.69, 9.17) is 5.11 Å². The molecule has 0 saturated heterocycles. The minimum Gasteiger partial charge on any atom is -0.395 e. The molecule has 0 spiro atoms. The van der Waals surface area contributed by atoms with E-state index in [1.165, 1.54) is 6.07 Å². The summed E-state index contributed by atoms with van der Waals surface area (Å²) in [5, 5.41) is 9.16. The van der Waals surface area contributed by atoms with E-state index >= 15 is 0 Å². The number of alkyl halides is 2. The first-order valence-corrected chi connectivity index (χ1v) is 6.94. The summed E-state index contributed by atoms with van der Waals surface area (Å²) in [6.45, 7) is 1.89. The van der Waals surface area contributed by atoms with Crippen LogP contribution in [0.3, 0.4) is 0 Å². The van der Waals surface area contributed by atoms with Gasteiger partial charge < -0.3 is 9.67 Å². The maximum atomic E-state index is 13.4. The molecule has 0 bridgehead atoms. The minimum absolute atomic E-state index is 0.104. The molecule has 6 heteroatoms. The Balaban J connectivity index is 2.29. The van der Waals surface area contributed by atoms with Gasteiger partial charge in [0, 0.05) is 17.7 Å². The lowest BCUT2D eigenvalue weighted by Gasteiger charge is -2.08. The Morgan fingerprint density at radius 3 is 2.55 bits per heavy atom. The van der Waals surface area contributed by atoms with E-state index < -0.39 is 6.43 Å². The van der Waals surface area contributed by atoms with Crippen LogP contribution in [0.2, 0.25) is 0 Å². The van der Waals surface area contributed by atoms with Crippen molar-refractivity contribution in [2.45, 2.75) is 19.9 Å². The lowest BCUT2D eigenvalue weighted by Crippen LogP contribution is -2.05. The van der Waals surface area contributed by atoms with Crippen LogP contribution in [-0.2, 0) is 6.54 Å². The molecule has 22 heavy (non-hydrogen) atoms. The molecule has 2 aromatic heterocycles. The first kappa shape index (κ1) is 14.6. The van der Waals surface area contributed by atoms with Crippen LogP contribution < -0.4 is 0 Å². The van der Waals surface area contributed by atoms with Gasteiger partial charge in [-0.05, 0) is 13.0 Å². The van der Waals surface area contributed by atoms with E-state index in [9.17, 15) is 8.78 Å². The van der Waals surface area contributed by atoms with Gasteiger partial charge in [0.25, 0.3) is 6.43 Å². The van der Waals surface area contributed by atoms with Crippen molar-refractivity contribution in [1.29, 1.82) is 0 Å². The van der Waals surface area contributed by atoms with Gasteiger partial charge in [0.1, 0.15) is 11.3 Å². The van der Waals surface area contributed by atoms with Gasteiger partial charge in [0.05, 0.1) is 12.3 Å². The first-order chi connectivity index (χ1) is 10.6. The molecule has 0 atom stereocenters. The number of benzene rings is 1. The van der Waals surface area contributed by atoms with Gasteiger partial charge in [-0.15, -0.1) is 0 Å². The van der Waals surface area contributed by atoms with Crippen molar-refractivity contribution < 1.29 is 13.9 Å². The maximum Gasteiger partial charge on any atom is 0.266 e. The first-order valence-electron chi connectivity index (χ1n) is 6.94. The van der Waals surface area contributed by atoms with E-state index in [-0.39, 0.29) is 24.2 Å². The van der Waals surface area contributed by atoms with Crippen molar-refractivity contribution in [2.75, 3.05) is 6.61 Å². The second-order valence-corrected chi connectivity index (χ2v) is 4.97. The number of halogens is 2. The number of hydrogen-bond donors (Lipinski definition) is 1. The highest BCUT2D eigenvalue weighted by molar-refractivity contribution is 5.80. The van der Waals surface area contributed by atoms with Crippen molar-refractivity contribution in [3.05, 3.63) is 47.8 Å². The third-order valence-electron chi connectivity index (χ3n) is 3.55. The molecule has 0 unspecified atom stereocenters. The second kappa shape index (κ2) is 5.81. The fourth-order valence-corrected chi connectivity index (χ4v) is 2.51. The second-order valence-electron chi connectivity index (χ2n) is 4.97. The fraction of sp³-hybridized carbons (Fsp3) is 0.250. The maximum absolute atomic E-state index is 13.4. The molecular formula is C16H15F2N3O. The van der Waals surface area contributed by atoms with E-state index in [0.717, 1.165) is 5.56 Å². The molecule has 0 fully saturated rings. The molecule has 0 aliphatic rings. The zero-order valence-electron chi connectivity index (χ0n) is 12.0. The normalized spacial score (nSPS) is 11.5. The third-order valence-corrected chi connectivity index (χ3v) is 3.55. The number of aryl methyl sites for hydroxylation is 1. The molecular weight excluding hydrogens is 288 g/mol. The van der Waals surface area contributed by atoms with Gasteiger partial charge in [-0.25, -0.2) is 18.7 Å². The molecule has 0 amide bonds. The lowest BCUT2D eigenvalue weighted by atomic mass is 10.1.